The Bertz CT molecular complexity index is 220. The Kier molecular flexibility index (Phi) is 6.45. The predicted molar refractivity (Wildman–Crippen MR) is 52.0 cm³/mol. The van der Waals surface area contributed by atoms with Gasteiger partial charge in [-0.3, -0.25) is 0 Å². The lowest BCUT2D eigenvalue weighted by molar-refractivity contribution is -0.134. The van der Waals surface area contributed by atoms with E-state index in [0.29, 0.717) is 6.42 Å². The van der Waals surface area contributed by atoms with Gasteiger partial charge in [-0.1, -0.05) is 32.8 Å². The van der Waals surface area contributed by atoms with Crippen LogP contribution in [0.15, 0.2) is 12.2 Å². The Labute approximate surface area is 83.6 Å². The van der Waals surface area contributed by atoms with Gasteiger partial charge in [0.05, 0.1) is 0 Å². The van der Waals surface area contributed by atoms with E-state index in [4.69, 9.17) is 5.11 Å². The molecule has 0 saturated carbocycles. The lowest BCUT2D eigenvalue weighted by Gasteiger charge is -2.02. The number of hydrogen-bond acceptors (Lipinski definition) is 3. The van der Waals surface area contributed by atoms with E-state index in [2.05, 4.69) is 18.2 Å². The highest BCUT2D eigenvalue weighted by Gasteiger charge is 2.11. The summed E-state index contributed by atoms with van der Waals surface area (Å²) in [6.07, 6.45) is 3.03. The summed E-state index contributed by atoms with van der Waals surface area (Å²) in [4.78, 5) is 20.9. The molecule has 14 heavy (non-hydrogen) atoms. The molecule has 0 bridgehead atoms. The third-order valence-corrected chi connectivity index (χ3v) is 1.80. The molecule has 0 radical (unpaired) electrons. The summed E-state index contributed by atoms with van der Waals surface area (Å²) < 4.78 is 3.95. The highest BCUT2D eigenvalue weighted by molar-refractivity contribution is 5.93. The Balaban J connectivity index is 3.63. The van der Waals surface area contributed by atoms with Gasteiger partial charge in [-0.15, -0.1) is 0 Å². The molecule has 0 fully saturated rings. The molecule has 0 aliphatic heterocycles. The van der Waals surface area contributed by atoms with Crippen molar-refractivity contribution in [1.82, 2.24) is 0 Å². The molecule has 0 aliphatic rings. The van der Waals surface area contributed by atoms with Crippen LogP contribution in [-0.2, 0) is 9.53 Å². The van der Waals surface area contributed by atoms with E-state index in [-0.39, 0.29) is 5.57 Å². The molecule has 1 N–H and O–H groups in total. The Morgan fingerprint density at radius 2 is 1.93 bits per heavy atom. The second kappa shape index (κ2) is 7.12. The zero-order chi connectivity index (χ0) is 11.0. The van der Waals surface area contributed by atoms with Gasteiger partial charge in [-0.2, -0.15) is 0 Å². The summed E-state index contributed by atoms with van der Waals surface area (Å²) in [5.41, 5.74) is 0.225. The third-order valence-electron chi connectivity index (χ3n) is 1.80. The molecule has 0 amide bonds. The normalized spacial score (nSPS) is 9.50. The molecule has 0 aromatic rings. The zero-order valence-electron chi connectivity index (χ0n) is 8.41. The van der Waals surface area contributed by atoms with Gasteiger partial charge < -0.3 is 9.84 Å². The van der Waals surface area contributed by atoms with Crippen molar-refractivity contribution in [3.63, 3.8) is 0 Å². The molecule has 0 rings (SSSR count). The van der Waals surface area contributed by atoms with Crippen LogP contribution in [0.3, 0.4) is 0 Å². The minimum absolute atomic E-state index is 0.225. The van der Waals surface area contributed by atoms with Crippen LogP contribution >= 0.6 is 0 Å². The summed E-state index contributed by atoms with van der Waals surface area (Å²) in [5, 5.41) is 8.16. The number of rotatable bonds is 6. The van der Waals surface area contributed by atoms with Crippen LogP contribution < -0.4 is 0 Å². The summed E-state index contributed by atoms with van der Waals surface area (Å²) >= 11 is 0. The number of hydrogen-bond donors (Lipinski definition) is 1. The fourth-order valence-corrected chi connectivity index (χ4v) is 1.02. The highest BCUT2D eigenvalue weighted by Crippen LogP contribution is 2.09. The summed E-state index contributed by atoms with van der Waals surface area (Å²) in [6.45, 7) is 5.56. The van der Waals surface area contributed by atoms with Crippen molar-refractivity contribution in [2.75, 3.05) is 0 Å². The van der Waals surface area contributed by atoms with E-state index >= 15 is 0 Å². The summed E-state index contributed by atoms with van der Waals surface area (Å²) in [7, 11) is 0. The van der Waals surface area contributed by atoms with Gasteiger partial charge in [0.2, 0.25) is 0 Å². The number of esters is 1. The van der Waals surface area contributed by atoms with Crippen LogP contribution in [0, 0.1) is 0 Å². The topological polar surface area (TPSA) is 63.6 Å². The molecule has 4 nitrogen and oxygen atoms in total. The molecule has 4 heteroatoms. The van der Waals surface area contributed by atoms with Crippen molar-refractivity contribution in [3.05, 3.63) is 12.2 Å². The Morgan fingerprint density at radius 3 is 2.43 bits per heavy atom. The average molecular weight is 200 g/mol. The Morgan fingerprint density at radius 1 is 1.29 bits per heavy atom. The molecule has 0 unspecified atom stereocenters. The number of carbonyl (C=O) groups is 2. The highest BCUT2D eigenvalue weighted by atomic mass is 16.7. The van der Waals surface area contributed by atoms with E-state index in [0.717, 1.165) is 25.7 Å². The monoisotopic (exact) mass is 200 g/mol. The number of carbonyl (C=O) groups excluding carboxylic acids is 1. The third kappa shape index (κ3) is 6.22. The fourth-order valence-electron chi connectivity index (χ4n) is 1.02. The maximum atomic E-state index is 10.9. The SMILES string of the molecule is C=C(CCCCCC)C(=O)OC(=O)O. The largest absolute Gasteiger partial charge is 0.513 e. The first-order chi connectivity index (χ1) is 6.57. The second-order valence-electron chi connectivity index (χ2n) is 3.07. The molecule has 0 saturated heterocycles. The van der Waals surface area contributed by atoms with Gasteiger partial charge in [-0.05, 0) is 12.8 Å². The van der Waals surface area contributed by atoms with Crippen molar-refractivity contribution in [1.29, 1.82) is 0 Å². The maximum Gasteiger partial charge on any atom is 0.513 e. The molecule has 0 aliphatic carbocycles. The molecular weight excluding hydrogens is 184 g/mol. The van der Waals surface area contributed by atoms with Crippen molar-refractivity contribution < 1.29 is 19.4 Å². The molecule has 0 spiro atoms. The summed E-state index contributed by atoms with van der Waals surface area (Å²) in [5.74, 6) is -0.839. The molecule has 0 aromatic heterocycles. The molecule has 0 aromatic carbocycles. The smallest absolute Gasteiger partial charge is 0.449 e. The van der Waals surface area contributed by atoms with Crippen LogP contribution in [0.25, 0.3) is 0 Å². The van der Waals surface area contributed by atoms with Crippen LogP contribution in [0.5, 0.6) is 0 Å². The first-order valence-corrected chi connectivity index (χ1v) is 4.70. The van der Waals surface area contributed by atoms with Gasteiger partial charge in [0.1, 0.15) is 0 Å². The number of ether oxygens (including phenoxy) is 1. The van der Waals surface area contributed by atoms with Gasteiger partial charge >= 0.3 is 12.1 Å². The summed E-state index contributed by atoms with van der Waals surface area (Å²) in [6, 6.07) is 0. The molecule has 0 heterocycles. The fraction of sp³-hybridized carbons (Fsp3) is 0.600. The van der Waals surface area contributed by atoms with Gasteiger partial charge in [-0.25, -0.2) is 9.59 Å². The van der Waals surface area contributed by atoms with Crippen LogP contribution in [0.2, 0.25) is 0 Å². The van der Waals surface area contributed by atoms with Gasteiger partial charge in [0.25, 0.3) is 0 Å². The molecule has 80 valence electrons. The van der Waals surface area contributed by atoms with E-state index in [1.165, 1.54) is 0 Å². The van der Waals surface area contributed by atoms with Gasteiger partial charge in [0, 0.05) is 5.57 Å². The lowest BCUT2D eigenvalue weighted by atomic mass is 10.1. The van der Waals surface area contributed by atoms with Crippen molar-refractivity contribution in [2.24, 2.45) is 0 Å². The van der Waals surface area contributed by atoms with E-state index in [1.807, 2.05) is 0 Å². The number of unbranched alkanes of at least 4 members (excludes halogenated alkanes) is 3. The minimum Gasteiger partial charge on any atom is -0.449 e. The maximum absolute atomic E-state index is 10.9. The zero-order valence-corrected chi connectivity index (χ0v) is 8.41. The first-order valence-electron chi connectivity index (χ1n) is 4.70. The minimum atomic E-state index is -1.58. The van der Waals surface area contributed by atoms with E-state index < -0.39 is 12.1 Å². The van der Waals surface area contributed by atoms with Gasteiger partial charge in [0.15, 0.2) is 0 Å². The standard InChI is InChI=1S/C10H16O4/c1-3-4-5-6-7-8(2)9(11)14-10(12)13/h2-7H2,1H3,(H,12,13). The first kappa shape index (κ1) is 12.7. The quantitative estimate of drug-likeness (QED) is 0.310. The molecular formula is C10H16O4. The van der Waals surface area contributed by atoms with Crippen LogP contribution in [-0.4, -0.2) is 17.2 Å². The Hall–Kier alpha value is -1.32. The average Bonchev–Trinajstić information content (AvgIpc) is 2.11. The van der Waals surface area contributed by atoms with E-state index in [1.54, 1.807) is 0 Å². The number of carboxylic acid groups (broad SMARTS) is 1. The van der Waals surface area contributed by atoms with Crippen LogP contribution in [0.4, 0.5) is 4.79 Å². The van der Waals surface area contributed by atoms with Crippen LogP contribution in [0.1, 0.15) is 39.0 Å². The van der Waals surface area contributed by atoms with Crippen molar-refractivity contribution in [3.8, 4) is 0 Å². The van der Waals surface area contributed by atoms with Crippen molar-refractivity contribution in [2.45, 2.75) is 39.0 Å². The lowest BCUT2D eigenvalue weighted by Crippen LogP contribution is -2.11. The van der Waals surface area contributed by atoms with Crippen molar-refractivity contribution >= 4 is 12.1 Å². The molecule has 0 atom stereocenters. The predicted octanol–water partition coefficient (Wildman–Crippen LogP) is 2.73. The second-order valence-corrected chi connectivity index (χ2v) is 3.07. The van der Waals surface area contributed by atoms with E-state index in [9.17, 15) is 9.59 Å².